The number of methoxy groups -OCH3 is 1. The Balaban J connectivity index is 1.82. The van der Waals surface area contributed by atoms with Gasteiger partial charge in [0.25, 0.3) is 0 Å². The van der Waals surface area contributed by atoms with Crippen LogP contribution >= 0.6 is 11.6 Å². The summed E-state index contributed by atoms with van der Waals surface area (Å²) in [5, 5.41) is 0.222. The van der Waals surface area contributed by atoms with Crippen molar-refractivity contribution >= 4 is 21.6 Å². The van der Waals surface area contributed by atoms with Gasteiger partial charge in [-0.1, -0.05) is 29.8 Å². The van der Waals surface area contributed by atoms with Gasteiger partial charge in [-0.3, -0.25) is 4.90 Å². The molecule has 0 saturated carbocycles. The lowest BCUT2D eigenvalue weighted by Crippen LogP contribution is -2.43. The third-order valence-corrected chi connectivity index (χ3v) is 6.74. The molecule has 3 rings (SSSR count). The molecule has 0 bridgehead atoms. The van der Waals surface area contributed by atoms with Crippen LogP contribution in [0, 0.1) is 6.92 Å². The van der Waals surface area contributed by atoms with Crippen LogP contribution in [-0.4, -0.2) is 53.3 Å². The van der Waals surface area contributed by atoms with Gasteiger partial charge in [-0.15, -0.1) is 0 Å². The van der Waals surface area contributed by atoms with Crippen molar-refractivity contribution in [1.82, 2.24) is 9.62 Å². The normalized spacial score (nSPS) is 16.7. The molecule has 1 aliphatic rings. The summed E-state index contributed by atoms with van der Waals surface area (Å²) in [5.74, 6) is 0.761. The number of aryl methyl sites for hydroxylation is 1. The highest BCUT2D eigenvalue weighted by atomic mass is 35.5. The fraction of sp³-hybridized carbons (Fsp3) is 0.400. The molecule has 0 aromatic heterocycles. The number of nitrogens with zero attached hydrogens (tertiary/aromatic N) is 1. The van der Waals surface area contributed by atoms with E-state index in [1.165, 1.54) is 6.07 Å². The Labute approximate surface area is 171 Å². The summed E-state index contributed by atoms with van der Waals surface area (Å²) in [6.45, 7) is 4.84. The summed E-state index contributed by atoms with van der Waals surface area (Å²) in [4.78, 5) is 2.32. The van der Waals surface area contributed by atoms with Gasteiger partial charge in [0.1, 0.15) is 10.6 Å². The van der Waals surface area contributed by atoms with Crippen molar-refractivity contribution in [1.29, 1.82) is 0 Å². The molecular formula is C20H25ClN2O4S. The molecule has 6 nitrogen and oxygen atoms in total. The van der Waals surface area contributed by atoms with Crippen molar-refractivity contribution in [3.63, 3.8) is 0 Å². The number of morpholine rings is 1. The highest BCUT2D eigenvalue weighted by Gasteiger charge is 2.26. The number of nitrogens with one attached hydrogen (secondary N) is 1. The van der Waals surface area contributed by atoms with Gasteiger partial charge in [0, 0.05) is 25.7 Å². The zero-order chi connectivity index (χ0) is 20.1. The van der Waals surface area contributed by atoms with Crippen molar-refractivity contribution in [3.05, 3.63) is 58.6 Å². The number of halogens is 1. The van der Waals surface area contributed by atoms with Crippen LogP contribution in [0.4, 0.5) is 0 Å². The van der Waals surface area contributed by atoms with Gasteiger partial charge >= 0.3 is 0 Å². The Kier molecular flexibility index (Phi) is 6.95. The quantitative estimate of drug-likeness (QED) is 0.740. The average molecular weight is 425 g/mol. The van der Waals surface area contributed by atoms with E-state index in [9.17, 15) is 8.42 Å². The summed E-state index contributed by atoms with van der Waals surface area (Å²) in [5.41, 5.74) is 1.92. The lowest BCUT2D eigenvalue weighted by Gasteiger charge is -2.35. The van der Waals surface area contributed by atoms with Gasteiger partial charge in [0.15, 0.2) is 0 Å². The molecular weight excluding hydrogens is 400 g/mol. The van der Waals surface area contributed by atoms with Crippen LogP contribution in [0.3, 0.4) is 0 Å². The first-order valence-corrected chi connectivity index (χ1v) is 11.0. The SMILES string of the molecule is COc1ccc(C(CNS(=O)(=O)c2ccc(C)cc2Cl)N2CCOCC2)cc1. The summed E-state index contributed by atoms with van der Waals surface area (Å²) in [6.07, 6.45) is 0. The van der Waals surface area contributed by atoms with E-state index < -0.39 is 10.0 Å². The molecule has 1 N–H and O–H groups in total. The van der Waals surface area contributed by atoms with Gasteiger partial charge < -0.3 is 9.47 Å². The van der Waals surface area contributed by atoms with E-state index in [2.05, 4.69) is 9.62 Å². The van der Waals surface area contributed by atoms with Crippen LogP contribution in [0.1, 0.15) is 17.2 Å². The minimum absolute atomic E-state index is 0.0928. The maximum absolute atomic E-state index is 12.8. The monoisotopic (exact) mass is 424 g/mol. The molecule has 0 amide bonds. The molecule has 8 heteroatoms. The smallest absolute Gasteiger partial charge is 0.242 e. The second kappa shape index (κ2) is 9.24. The van der Waals surface area contributed by atoms with E-state index in [-0.39, 0.29) is 22.5 Å². The predicted octanol–water partition coefficient (Wildman–Crippen LogP) is 3.01. The van der Waals surface area contributed by atoms with Crippen LogP contribution in [0.2, 0.25) is 5.02 Å². The minimum Gasteiger partial charge on any atom is -0.497 e. The molecule has 1 heterocycles. The first-order valence-electron chi connectivity index (χ1n) is 9.12. The second-order valence-electron chi connectivity index (χ2n) is 6.72. The van der Waals surface area contributed by atoms with Crippen LogP contribution in [-0.2, 0) is 14.8 Å². The van der Waals surface area contributed by atoms with Crippen LogP contribution in [0.5, 0.6) is 5.75 Å². The average Bonchev–Trinajstić information content (AvgIpc) is 2.69. The van der Waals surface area contributed by atoms with E-state index in [1.807, 2.05) is 31.2 Å². The molecule has 1 unspecified atom stereocenters. The molecule has 1 aliphatic heterocycles. The zero-order valence-electron chi connectivity index (χ0n) is 16.0. The third kappa shape index (κ3) is 5.04. The first-order chi connectivity index (χ1) is 13.4. The third-order valence-electron chi connectivity index (χ3n) is 4.83. The van der Waals surface area contributed by atoms with Crippen LogP contribution < -0.4 is 9.46 Å². The Morgan fingerprint density at radius 2 is 1.86 bits per heavy atom. The topological polar surface area (TPSA) is 67.9 Å². The van der Waals surface area contributed by atoms with Gasteiger partial charge in [0.2, 0.25) is 10.0 Å². The molecule has 1 saturated heterocycles. The second-order valence-corrected chi connectivity index (χ2v) is 8.87. The molecule has 1 atom stereocenters. The number of hydrogen-bond acceptors (Lipinski definition) is 5. The first kappa shape index (κ1) is 21.1. The van der Waals surface area contributed by atoms with E-state index in [4.69, 9.17) is 21.1 Å². The molecule has 0 aliphatic carbocycles. The maximum atomic E-state index is 12.8. The number of rotatable bonds is 7. The molecule has 28 heavy (non-hydrogen) atoms. The minimum atomic E-state index is -3.73. The van der Waals surface area contributed by atoms with E-state index in [1.54, 1.807) is 19.2 Å². The van der Waals surface area contributed by atoms with Gasteiger partial charge in [-0.05, 0) is 42.3 Å². The molecule has 2 aromatic carbocycles. The summed E-state index contributed by atoms with van der Waals surface area (Å²) in [6, 6.07) is 12.5. The fourth-order valence-electron chi connectivity index (χ4n) is 3.26. The standard InChI is InChI=1S/C20H25ClN2O4S/c1-15-3-8-20(18(21)13-15)28(24,25)22-14-19(23-9-11-27-12-10-23)16-4-6-17(26-2)7-5-16/h3-8,13,19,22H,9-12,14H2,1-2H3. The number of sulfonamides is 1. The lowest BCUT2D eigenvalue weighted by molar-refractivity contribution is 0.0172. The van der Waals surface area contributed by atoms with Crippen molar-refractivity contribution in [2.24, 2.45) is 0 Å². The molecule has 152 valence electrons. The van der Waals surface area contributed by atoms with Gasteiger partial charge in [0.05, 0.1) is 25.3 Å². The van der Waals surface area contributed by atoms with Crippen molar-refractivity contribution in [3.8, 4) is 5.75 Å². The Bertz CT molecular complexity index is 897. The molecule has 1 fully saturated rings. The van der Waals surface area contributed by atoms with Crippen molar-refractivity contribution < 1.29 is 17.9 Å². The number of benzene rings is 2. The van der Waals surface area contributed by atoms with E-state index >= 15 is 0 Å². The largest absolute Gasteiger partial charge is 0.497 e. The molecule has 0 radical (unpaired) electrons. The Morgan fingerprint density at radius 1 is 1.18 bits per heavy atom. The predicted molar refractivity (Wildman–Crippen MR) is 110 cm³/mol. The van der Waals surface area contributed by atoms with Crippen molar-refractivity contribution in [2.75, 3.05) is 40.0 Å². The summed E-state index contributed by atoms with van der Waals surface area (Å²) in [7, 11) is -2.11. The van der Waals surface area contributed by atoms with Crippen LogP contribution in [0.25, 0.3) is 0 Å². The highest BCUT2D eigenvalue weighted by Crippen LogP contribution is 2.26. The van der Waals surface area contributed by atoms with E-state index in [0.29, 0.717) is 13.2 Å². The van der Waals surface area contributed by atoms with Gasteiger partial charge in [-0.2, -0.15) is 0 Å². The number of ether oxygens (including phenoxy) is 2. The zero-order valence-corrected chi connectivity index (χ0v) is 17.6. The Hall–Kier alpha value is -1.64. The van der Waals surface area contributed by atoms with Crippen LogP contribution in [0.15, 0.2) is 47.4 Å². The molecule has 2 aromatic rings. The molecule has 0 spiro atoms. The number of hydrogen-bond donors (Lipinski definition) is 1. The lowest BCUT2D eigenvalue weighted by atomic mass is 10.0. The highest BCUT2D eigenvalue weighted by molar-refractivity contribution is 7.89. The fourth-order valence-corrected chi connectivity index (χ4v) is 4.90. The Morgan fingerprint density at radius 3 is 2.46 bits per heavy atom. The van der Waals surface area contributed by atoms with E-state index in [0.717, 1.165) is 30.0 Å². The van der Waals surface area contributed by atoms with Crippen molar-refractivity contribution in [2.45, 2.75) is 17.9 Å². The maximum Gasteiger partial charge on any atom is 0.242 e. The summed E-state index contributed by atoms with van der Waals surface area (Å²) < 4.78 is 39.1. The van der Waals surface area contributed by atoms with Gasteiger partial charge in [-0.25, -0.2) is 13.1 Å². The summed E-state index contributed by atoms with van der Waals surface area (Å²) >= 11 is 6.17.